The highest BCUT2D eigenvalue weighted by atomic mass is 15.1. The van der Waals surface area contributed by atoms with Crippen molar-refractivity contribution in [1.82, 2.24) is 0 Å². The molecular weight excluding hydrogens is 290 g/mol. The molecule has 0 amide bonds. The summed E-state index contributed by atoms with van der Waals surface area (Å²) in [5.41, 5.74) is 6.32. The molecule has 2 rings (SSSR count). The van der Waals surface area contributed by atoms with Gasteiger partial charge in [-0.2, -0.15) is 0 Å². The molecule has 24 heavy (non-hydrogen) atoms. The number of benzene rings is 2. The first-order chi connectivity index (χ1) is 11.7. The monoisotopic (exact) mass is 313 g/mol. The van der Waals surface area contributed by atoms with Crippen LogP contribution in [0.15, 0.2) is 92.7 Å². The predicted molar refractivity (Wildman–Crippen MR) is 108 cm³/mol. The highest BCUT2D eigenvalue weighted by molar-refractivity contribution is 5.82. The van der Waals surface area contributed by atoms with Gasteiger partial charge in [0.15, 0.2) is 0 Å². The Morgan fingerprint density at radius 1 is 0.917 bits per heavy atom. The van der Waals surface area contributed by atoms with Gasteiger partial charge in [0, 0.05) is 16.9 Å². The van der Waals surface area contributed by atoms with E-state index in [1.807, 2.05) is 36.4 Å². The Morgan fingerprint density at radius 2 is 1.62 bits per heavy atom. The van der Waals surface area contributed by atoms with Crippen LogP contribution in [0.2, 0.25) is 0 Å². The maximum Gasteiger partial charge on any atom is 0.0539 e. The molecule has 0 aliphatic carbocycles. The molecule has 1 heteroatoms. The number of allylic oxidation sites excluding steroid dienone is 3. The zero-order chi connectivity index (χ0) is 17.5. The molecule has 0 saturated carbocycles. The largest absolute Gasteiger partial charge is 0.310 e. The minimum absolute atomic E-state index is 0.943. The van der Waals surface area contributed by atoms with Crippen molar-refractivity contribution in [3.8, 4) is 0 Å². The van der Waals surface area contributed by atoms with Gasteiger partial charge in [-0.15, -0.1) is 0 Å². The lowest BCUT2D eigenvalue weighted by molar-refractivity contribution is 1.20. The lowest BCUT2D eigenvalue weighted by Crippen LogP contribution is -2.16. The van der Waals surface area contributed by atoms with Gasteiger partial charge >= 0.3 is 0 Å². The van der Waals surface area contributed by atoms with E-state index in [9.17, 15) is 0 Å². The molecule has 0 heterocycles. The van der Waals surface area contributed by atoms with Crippen LogP contribution in [-0.2, 0) is 0 Å². The van der Waals surface area contributed by atoms with E-state index in [1.54, 1.807) is 6.08 Å². The second-order valence-corrected chi connectivity index (χ2v) is 5.39. The molecule has 0 atom stereocenters. The number of hydrogen-bond donors (Lipinski definition) is 0. The summed E-state index contributed by atoms with van der Waals surface area (Å²) in [6, 6.07) is 14.5. The molecule has 2 aromatic rings. The Balaban J connectivity index is 2.76. The quantitative estimate of drug-likeness (QED) is 0.516. The Hall–Kier alpha value is -3.06. The van der Waals surface area contributed by atoms with Crippen LogP contribution in [0.3, 0.4) is 0 Å². The molecule has 0 aliphatic heterocycles. The van der Waals surface area contributed by atoms with Crippen LogP contribution >= 0.6 is 0 Å². The van der Waals surface area contributed by atoms with Crippen molar-refractivity contribution < 1.29 is 0 Å². The van der Waals surface area contributed by atoms with Crippen molar-refractivity contribution in [1.29, 1.82) is 0 Å². The van der Waals surface area contributed by atoms with Gasteiger partial charge in [-0.25, -0.2) is 0 Å². The average Bonchev–Trinajstić information content (AvgIpc) is 2.62. The van der Waals surface area contributed by atoms with Gasteiger partial charge in [-0.1, -0.05) is 74.4 Å². The summed E-state index contributed by atoms with van der Waals surface area (Å²) < 4.78 is 0. The number of rotatable bonds is 7. The van der Waals surface area contributed by atoms with Gasteiger partial charge in [0.05, 0.1) is 5.69 Å². The van der Waals surface area contributed by atoms with E-state index in [2.05, 4.69) is 68.5 Å². The van der Waals surface area contributed by atoms with E-state index in [4.69, 9.17) is 0 Å². The molecule has 0 aromatic heterocycles. The summed E-state index contributed by atoms with van der Waals surface area (Å²) in [5.74, 6) is 0. The van der Waals surface area contributed by atoms with Gasteiger partial charge < -0.3 is 4.90 Å². The molecular formula is C23H23N. The minimum atomic E-state index is 0.943. The molecule has 0 saturated heterocycles. The summed E-state index contributed by atoms with van der Waals surface area (Å²) in [4.78, 5) is 2.15. The topological polar surface area (TPSA) is 3.24 Å². The van der Waals surface area contributed by atoms with Crippen molar-refractivity contribution >= 4 is 23.5 Å². The second kappa shape index (κ2) is 7.98. The molecule has 0 unspecified atom stereocenters. The Morgan fingerprint density at radius 3 is 2.17 bits per heavy atom. The van der Waals surface area contributed by atoms with Crippen LogP contribution in [0.4, 0.5) is 11.4 Å². The minimum Gasteiger partial charge on any atom is -0.310 e. The third kappa shape index (κ3) is 3.47. The molecule has 1 nitrogen and oxygen atoms in total. The molecule has 0 bridgehead atoms. The molecule has 0 fully saturated rings. The lowest BCUT2D eigenvalue weighted by atomic mass is 10.0. The van der Waals surface area contributed by atoms with E-state index >= 15 is 0 Å². The predicted octanol–water partition coefficient (Wildman–Crippen LogP) is 6.68. The molecule has 120 valence electrons. The molecule has 0 radical (unpaired) electrons. The van der Waals surface area contributed by atoms with Crippen molar-refractivity contribution in [2.75, 3.05) is 4.90 Å². The highest BCUT2D eigenvalue weighted by Crippen LogP contribution is 2.35. The van der Waals surface area contributed by atoms with Gasteiger partial charge in [0.2, 0.25) is 0 Å². The first-order valence-electron chi connectivity index (χ1n) is 7.86. The highest BCUT2D eigenvalue weighted by Gasteiger charge is 2.16. The fourth-order valence-electron chi connectivity index (χ4n) is 2.64. The molecule has 2 aromatic carbocycles. The molecule has 0 aliphatic rings. The van der Waals surface area contributed by atoms with Crippen molar-refractivity contribution in [2.45, 2.75) is 6.92 Å². The van der Waals surface area contributed by atoms with E-state index in [0.717, 1.165) is 28.2 Å². The third-order valence-corrected chi connectivity index (χ3v) is 3.83. The van der Waals surface area contributed by atoms with Crippen LogP contribution in [-0.4, -0.2) is 0 Å². The summed E-state index contributed by atoms with van der Waals surface area (Å²) >= 11 is 0. The van der Waals surface area contributed by atoms with Crippen LogP contribution in [0, 0.1) is 6.92 Å². The number of anilines is 2. The van der Waals surface area contributed by atoms with Crippen molar-refractivity contribution in [2.24, 2.45) is 0 Å². The summed E-state index contributed by atoms with van der Waals surface area (Å²) in [6.45, 7) is 17.8. The first kappa shape index (κ1) is 17.3. The fourth-order valence-corrected chi connectivity index (χ4v) is 2.64. The third-order valence-electron chi connectivity index (χ3n) is 3.83. The second-order valence-electron chi connectivity index (χ2n) is 5.39. The van der Waals surface area contributed by atoms with Gasteiger partial charge in [0.1, 0.15) is 0 Å². The standard InChI is InChI=1S/C23H23N/c1-6-11-20(8-3)24(21-16-14-18(5)15-17-21)23-13-10-12-19(7-2)22(23)9-4/h6-17H,1-4H2,5H3/b20-11+. The van der Waals surface area contributed by atoms with Crippen LogP contribution < -0.4 is 4.90 Å². The van der Waals surface area contributed by atoms with Gasteiger partial charge in [-0.05, 0) is 42.8 Å². The van der Waals surface area contributed by atoms with Crippen molar-refractivity contribution in [3.05, 3.63) is 109 Å². The van der Waals surface area contributed by atoms with Crippen LogP contribution in [0.25, 0.3) is 12.2 Å². The normalized spacial score (nSPS) is 10.8. The number of aryl methyl sites for hydroxylation is 1. The smallest absolute Gasteiger partial charge is 0.0539 e. The van der Waals surface area contributed by atoms with Crippen molar-refractivity contribution in [3.63, 3.8) is 0 Å². The van der Waals surface area contributed by atoms with Gasteiger partial charge in [-0.3, -0.25) is 0 Å². The molecule has 0 N–H and O–H groups in total. The maximum absolute atomic E-state index is 3.98. The first-order valence-corrected chi connectivity index (χ1v) is 7.86. The van der Waals surface area contributed by atoms with E-state index < -0.39 is 0 Å². The summed E-state index contributed by atoms with van der Waals surface area (Å²) in [7, 11) is 0. The zero-order valence-corrected chi connectivity index (χ0v) is 14.2. The molecule has 0 spiro atoms. The summed E-state index contributed by atoms with van der Waals surface area (Å²) in [5, 5.41) is 0. The SMILES string of the molecule is C=C/C=C(\C=C)N(c1ccc(C)cc1)c1cccc(C=C)c1C=C. The Labute approximate surface area is 145 Å². The van der Waals surface area contributed by atoms with Crippen LogP contribution in [0.1, 0.15) is 16.7 Å². The summed E-state index contributed by atoms with van der Waals surface area (Å²) in [6.07, 6.45) is 9.25. The zero-order valence-electron chi connectivity index (χ0n) is 14.2. The number of nitrogens with zero attached hydrogens (tertiary/aromatic N) is 1. The van der Waals surface area contributed by atoms with Crippen LogP contribution in [0.5, 0.6) is 0 Å². The average molecular weight is 313 g/mol. The van der Waals surface area contributed by atoms with Gasteiger partial charge in [0.25, 0.3) is 0 Å². The number of hydrogen-bond acceptors (Lipinski definition) is 1. The Kier molecular flexibility index (Phi) is 5.75. The fraction of sp³-hybridized carbons (Fsp3) is 0.0435. The Bertz CT molecular complexity index is 791. The maximum atomic E-state index is 3.98. The van der Waals surface area contributed by atoms with E-state index in [0.29, 0.717) is 0 Å². The van der Waals surface area contributed by atoms with E-state index in [-0.39, 0.29) is 0 Å². The van der Waals surface area contributed by atoms with E-state index in [1.165, 1.54) is 5.56 Å². The lowest BCUT2D eigenvalue weighted by Gasteiger charge is -2.28.